The van der Waals surface area contributed by atoms with Gasteiger partial charge in [-0.2, -0.15) is 16.9 Å². The van der Waals surface area contributed by atoms with Crippen LogP contribution in [0, 0.1) is 0 Å². The minimum atomic E-state index is 0.135. The molecule has 1 spiro atoms. The lowest BCUT2D eigenvalue weighted by Gasteiger charge is -2.43. The smallest absolute Gasteiger partial charge is 0.0762 e. The molecular formula is C16H27N3OS. The van der Waals surface area contributed by atoms with Crippen LogP contribution in [0.5, 0.6) is 0 Å². The molecule has 21 heavy (non-hydrogen) atoms. The van der Waals surface area contributed by atoms with Gasteiger partial charge in [0.2, 0.25) is 0 Å². The molecule has 2 fully saturated rings. The van der Waals surface area contributed by atoms with Gasteiger partial charge in [-0.3, -0.25) is 4.68 Å². The molecule has 0 radical (unpaired) electrons. The average Bonchev–Trinajstić information content (AvgIpc) is 2.95. The molecule has 2 saturated heterocycles. The van der Waals surface area contributed by atoms with Gasteiger partial charge in [0.15, 0.2) is 0 Å². The number of hydrogen-bond donors (Lipinski definition) is 1. The Morgan fingerprint density at radius 2 is 2.29 bits per heavy atom. The molecular weight excluding hydrogens is 282 g/mol. The van der Waals surface area contributed by atoms with Gasteiger partial charge in [-0.15, -0.1) is 0 Å². The fourth-order valence-electron chi connectivity index (χ4n) is 3.30. The van der Waals surface area contributed by atoms with E-state index >= 15 is 0 Å². The first-order valence-electron chi connectivity index (χ1n) is 8.16. The van der Waals surface area contributed by atoms with Crippen LogP contribution in [0.3, 0.4) is 0 Å². The van der Waals surface area contributed by atoms with E-state index in [0.717, 1.165) is 31.7 Å². The van der Waals surface area contributed by atoms with E-state index in [0.29, 0.717) is 12.1 Å². The summed E-state index contributed by atoms with van der Waals surface area (Å²) in [5, 5.41) is 8.21. The molecule has 3 heterocycles. The van der Waals surface area contributed by atoms with Crippen molar-refractivity contribution in [3.63, 3.8) is 0 Å². The second kappa shape index (κ2) is 6.71. The molecule has 118 valence electrons. The molecule has 1 aromatic rings. The van der Waals surface area contributed by atoms with E-state index < -0.39 is 0 Å². The van der Waals surface area contributed by atoms with Gasteiger partial charge in [0.05, 0.1) is 17.3 Å². The van der Waals surface area contributed by atoms with Gasteiger partial charge in [0, 0.05) is 25.4 Å². The summed E-state index contributed by atoms with van der Waals surface area (Å²) in [7, 11) is 0. The van der Waals surface area contributed by atoms with Crippen molar-refractivity contribution in [3.05, 3.63) is 18.0 Å². The van der Waals surface area contributed by atoms with E-state index in [9.17, 15) is 0 Å². The maximum atomic E-state index is 6.18. The van der Waals surface area contributed by atoms with E-state index in [1.165, 1.54) is 24.3 Å². The maximum absolute atomic E-state index is 6.18. The maximum Gasteiger partial charge on any atom is 0.0762 e. The minimum absolute atomic E-state index is 0.135. The summed E-state index contributed by atoms with van der Waals surface area (Å²) in [6.45, 7) is 6.07. The monoisotopic (exact) mass is 309 g/mol. The van der Waals surface area contributed by atoms with Crippen molar-refractivity contribution < 1.29 is 4.74 Å². The fourth-order valence-corrected chi connectivity index (χ4v) is 4.54. The number of aromatic nitrogens is 2. The van der Waals surface area contributed by atoms with E-state index in [2.05, 4.69) is 47.9 Å². The molecule has 1 N–H and O–H groups in total. The Morgan fingerprint density at radius 3 is 3.05 bits per heavy atom. The molecule has 4 nitrogen and oxygen atoms in total. The number of nitrogens with one attached hydrogen (secondary N) is 1. The summed E-state index contributed by atoms with van der Waals surface area (Å²) >= 11 is 2.06. The SMILES string of the molecule is CC(C)NCc1ccn(C2CCOC3(CCSCC3)C2)n1. The second-order valence-electron chi connectivity index (χ2n) is 6.61. The van der Waals surface area contributed by atoms with Gasteiger partial charge in [0.1, 0.15) is 0 Å². The molecule has 1 aromatic heterocycles. The first-order valence-corrected chi connectivity index (χ1v) is 9.31. The van der Waals surface area contributed by atoms with Gasteiger partial charge >= 0.3 is 0 Å². The first kappa shape index (κ1) is 15.4. The topological polar surface area (TPSA) is 39.1 Å². The summed E-state index contributed by atoms with van der Waals surface area (Å²) in [6, 6.07) is 3.16. The summed E-state index contributed by atoms with van der Waals surface area (Å²) in [5.41, 5.74) is 1.28. The molecule has 0 aromatic carbocycles. The first-order chi connectivity index (χ1) is 10.2. The molecule has 0 bridgehead atoms. The van der Waals surface area contributed by atoms with Crippen LogP contribution in [-0.2, 0) is 11.3 Å². The third-order valence-corrected chi connectivity index (χ3v) is 5.59. The molecule has 3 rings (SSSR count). The largest absolute Gasteiger partial charge is 0.375 e. The van der Waals surface area contributed by atoms with Crippen molar-refractivity contribution in [2.75, 3.05) is 18.1 Å². The van der Waals surface area contributed by atoms with Crippen LogP contribution in [0.4, 0.5) is 0 Å². The molecule has 1 unspecified atom stereocenters. The zero-order valence-electron chi connectivity index (χ0n) is 13.2. The Balaban J connectivity index is 1.63. The van der Waals surface area contributed by atoms with E-state index in [1.807, 2.05) is 0 Å². The second-order valence-corrected chi connectivity index (χ2v) is 7.84. The van der Waals surface area contributed by atoms with Gasteiger partial charge in [-0.1, -0.05) is 13.8 Å². The Hall–Kier alpha value is -0.520. The molecule has 2 aliphatic heterocycles. The summed E-state index contributed by atoms with van der Waals surface area (Å²) in [4.78, 5) is 0. The number of hydrogen-bond acceptors (Lipinski definition) is 4. The normalized spacial score (nSPS) is 25.6. The highest BCUT2D eigenvalue weighted by Gasteiger charge is 2.39. The van der Waals surface area contributed by atoms with Gasteiger partial charge in [-0.25, -0.2) is 0 Å². The lowest BCUT2D eigenvalue weighted by Crippen LogP contribution is -2.43. The van der Waals surface area contributed by atoms with Crippen molar-refractivity contribution in [3.8, 4) is 0 Å². The molecule has 5 heteroatoms. The van der Waals surface area contributed by atoms with Gasteiger partial charge in [0.25, 0.3) is 0 Å². The highest BCUT2D eigenvalue weighted by molar-refractivity contribution is 7.99. The van der Waals surface area contributed by atoms with Crippen LogP contribution < -0.4 is 5.32 Å². The predicted molar refractivity (Wildman–Crippen MR) is 87.7 cm³/mol. The van der Waals surface area contributed by atoms with Crippen molar-refractivity contribution in [2.45, 2.75) is 63.8 Å². The predicted octanol–water partition coefficient (Wildman–Crippen LogP) is 3.00. The number of thioether (sulfide) groups is 1. The van der Waals surface area contributed by atoms with Crippen LogP contribution in [-0.4, -0.2) is 39.5 Å². The highest BCUT2D eigenvalue weighted by Crippen LogP contribution is 2.41. The number of rotatable bonds is 4. The van der Waals surface area contributed by atoms with E-state index in [1.54, 1.807) is 0 Å². The van der Waals surface area contributed by atoms with Crippen molar-refractivity contribution in [1.29, 1.82) is 0 Å². The number of nitrogens with zero attached hydrogens (tertiary/aromatic N) is 2. The minimum Gasteiger partial charge on any atom is -0.375 e. The Morgan fingerprint density at radius 1 is 1.48 bits per heavy atom. The zero-order valence-corrected chi connectivity index (χ0v) is 14.0. The highest BCUT2D eigenvalue weighted by atomic mass is 32.2. The lowest BCUT2D eigenvalue weighted by atomic mass is 9.85. The molecule has 0 aliphatic carbocycles. The Kier molecular flexibility index (Phi) is 4.92. The fraction of sp³-hybridized carbons (Fsp3) is 0.812. The van der Waals surface area contributed by atoms with Crippen LogP contribution in [0.15, 0.2) is 12.3 Å². The molecule has 0 amide bonds. The molecule has 0 saturated carbocycles. The van der Waals surface area contributed by atoms with Crippen molar-refractivity contribution in [2.24, 2.45) is 0 Å². The van der Waals surface area contributed by atoms with Gasteiger partial charge < -0.3 is 10.1 Å². The van der Waals surface area contributed by atoms with E-state index in [-0.39, 0.29) is 5.60 Å². The van der Waals surface area contributed by atoms with Crippen LogP contribution in [0.25, 0.3) is 0 Å². The standard InChI is InChI=1S/C16H27N3OS/c1-13(2)17-12-14-3-7-19(18-14)15-4-8-20-16(11-15)5-9-21-10-6-16/h3,7,13,15,17H,4-6,8-12H2,1-2H3. The third kappa shape index (κ3) is 3.82. The van der Waals surface area contributed by atoms with E-state index in [4.69, 9.17) is 9.84 Å². The Labute approximate surface area is 132 Å². The third-order valence-electron chi connectivity index (χ3n) is 4.60. The molecule has 1 atom stereocenters. The lowest BCUT2D eigenvalue weighted by molar-refractivity contribution is -0.100. The average molecular weight is 309 g/mol. The quantitative estimate of drug-likeness (QED) is 0.928. The van der Waals surface area contributed by atoms with Crippen molar-refractivity contribution in [1.82, 2.24) is 15.1 Å². The number of ether oxygens (including phenoxy) is 1. The summed E-state index contributed by atoms with van der Waals surface area (Å²) in [6.07, 6.45) is 6.78. The summed E-state index contributed by atoms with van der Waals surface area (Å²) in [5.74, 6) is 2.49. The Bertz CT molecular complexity index is 449. The van der Waals surface area contributed by atoms with Crippen LogP contribution >= 0.6 is 11.8 Å². The summed E-state index contributed by atoms with van der Waals surface area (Å²) < 4.78 is 8.36. The van der Waals surface area contributed by atoms with Crippen molar-refractivity contribution >= 4 is 11.8 Å². The zero-order chi connectivity index (χ0) is 14.7. The van der Waals surface area contributed by atoms with Crippen LogP contribution in [0.2, 0.25) is 0 Å². The van der Waals surface area contributed by atoms with Crippen LogP contribution in [0.1, 0.15) is 51.3 Å². The van der Waals surface area contributed by atoms with Gasteiger partial charge in [-0.05, 0) is 43.3 Å². The molecule has 2 aliphatic rings.